The van der Waals surface area contributed by atoms with E-state index < -0.39 is 0 Å². The molecule has 0 unspecified atom stereocenters. The van der Waals surface area contributed by atoms with Gasteiger partial charge in [-0.2, -0.15) is 0 Å². The van der Waals surface area contributed by atoms with Gasteiger partial charge in [0.2, 0.25) is 5.91 Å². The molecule has 3 aromatic carbocycles. The van der Waals surface area contributed by atoms with Crippen molar-refractivity contribution in [2.24, 2.45) is 5.92 Å². The molecular formula is C28H28ClN3O3. The van der Waals surface area contributed by atoms with Gasteiger partial charge in [-0.25, -0.2) is 0 Å². The number of carbonyl (C=O) groups is 3. The van der Waals surface area contributed by atoms with Crippen molar-refractivity contribution in [2.75, 3.05) is 25.0 Å². The zero-order valence-corrected chi connectivity index (χ0v) is 20.1. The van der Waals surface area contributed by atoms with Crippen molar-refractivity contribution in [3.05, 3.63) is 101 Å². The van der Waals surface area contributed by atoms with Crippen LogP contribution in [0.25, 0.3) is 0 Å². The number of likely N-dealkylation sites (tertiary alicyclic amines) is 1. The van der Waals surface area contributed by atoms with Crippen LogP contribution in [0.5, 0.6) is 0 Å². The molecule has 2 N–H and O–H groups in total. The van der Waals surface area contributed by atoms with Crippen LogP contribution in [0.15, 0.2) is 78.9 Å². The van der Waals surface area contributed by atoms with Gasteiger partial charge in [-0.15, -0.1) is 0 Å². The lowest BCUT2D eigenvalue weighted by atomic mass is 9.96. The fraction of sp³-hybridized carbons (Fsp3) is 0.250. The first kappa shape index (κ1) is 24.5. The Kier molecular flexibility index (Phi) is 8.16. The Labute approximate surface area is 210 Å². The molecule has 0 aliphatic carbocycles. The number of rotatable bonds is 7. The molecular weight excluding hydrogens is 462 g/mol. The third-order valence-corrected chi connectivity index (χ3v) is 6.36. The summed E-state index contributed by atoms with van der Waals surface area (Å²) in [5.41, 5.74) is 2.66. The molecule has 35 heavy (non-hydrogen) atoms. The first-order chi connectivity index (χ1) is 17.0. The summed E-state index contributed by atoms with van der Waals surface area (Å²) in [5.74, 6) is -0.662. The fourth-order valence-corrected chi connectivity index (χ4v) is 4.34. The molecule has 1 heterocycles. The van der Waals surface area contributed by atoms with E-state index in [0.717, 1.165) is 19.3 Å². The minimum atomic E-state index is -0.281. The molecule has 3 amide bonds. The standard InChI is InChI=1S/C28H28ClN3O3/c29-24-13-11-21(12-14-24)27(34)31-25-10-4-8-22(18-25)28(35)32-17-5-9-23(19-32)26(33)30-16-15-20-6-2-1-3-7-20/h1-4,6-8,10-14,18,23H,5,9,15-17,19H2,(H,30,33)(H,31,34)/t23-/m0/s1. The third-order valence-electron chi connectivity index (χ3n) is 6.11. The Hall–Kier alpha value is -3.64. The number of anilines is 1. The van der Waals surface area contributed by atoms with E-state index in [9.17, 15) is 14.4 Å². The Balaban J connectivity index is 1.33. The molecule has 0 radical (unpaired) electrons. The summed E-state index contributed by atoms with van der Waals surface area (Å²) < 4.78 is 0. The Morgan fingerprint density at radius 2 is 1.69 bits per heavy atom. The van der Waals surface area contributed by atoms with Crippen LogP contribution in [0.4, 0.5) is 5.69 Å². The molecule has 3 aromatic rings. The molecule has 1 saturated heterocycles. The van der Waals surface area contributed by atoms with Crippen molar-refractivity contribution >= 4 is 35.0 Å². The van der Waals surface area contributed by atoms with Crippen LogP contribution in [0, 0.1) is 5.92 Å². The number of carbonyl (C=O) groups excluding carboxylic acids is 3. The van der Waals surface area contributed by atoms with Gasteiger partial charge in [0.1, 0.15) is 0 Å². The summed E-state index contributed by atoms with van der Waals surface area (Å²) in [6.07, 6.45) is 2.31. The van der Waals surface area contributed by atoms with Gasteiger partial charge in [-0.05, 0) is 67.3 Å². The summed E-state index contributed by atoms with van der Waals surface area (Å²) in [4.78, 5) is 40.1. The van der Waals surface area contributed by atoms with Gasteiger partial charge in [0, 0.05) is 41.5 Å². The zero-order valence-electron chi connectivity index (χ0n) is 19.4. The van der Waals surface area contributed by atoms with Crippen molar-refractivity contribution in [2.45, 2.75) is 19.3 Å². The lowest BCUT2D eigenvalue weighted by Gasteiger charge is -2.32. The number of hydrogen-bond donors (Lipinski definition) is 2. The molecule has 1 aliphatic heterocycles. The first-order valence-electron chi connectivity index (χ1n) is 11.8. The SMILES string of the molecule is O=C(Nc1cccc(C(=O)N2CCC[C@H](C(=O)NCCc3ccccc3)C2)c1)c1ccc(Cl)cc1. The van der Waals surface area contributed by atoms with Gasteiger partial charge in [0.25, 0.3) is 11.8 Å². The van der Waals surface area contributed by atoms with Crippen LogP contribution < -0.4 is 10.6 Å². The first-order valence-corrected chi connectivity index (χ1v) is 12.2. The second kappa shape index (κ2) is 11.7. The quantitative estimate of drug-likeness (QED) is 0.500. The van der Waals surface area contributed by atoms with Crippen molar-refractivity contribution in [3.8, 4) is 0 Å². The molecule has 180 valence electrons. The molecule has 1 fully saturated rings. The molecule has 6 nitrogen and oxygen atoms in total. The van der Waals surface area contributed by atoms with Gasteiger partial charge < -0.3 is 15.5 Å². The molecule has 4 rings (SSSR count). The third kappa shape index (κ3) is 6.70. The van der Waals surface area contributed by atoms with E-state index in [1.807, 2.05) is 30.3 Å². The van der Waals surface area contributed by atoms with Crippen LogP contribution in [0.1, 0.15) is 39.1 Å². The second-order valence-corrected chi connectivity index (χ2v) is 9.10. The zero-order chi connectivity index (χ0) is 24.6. The topological polar surface area (TPSA) is 78.5 Å². The van der Waals surface area contributed by atoms with E-state index in [1.54, 1.807) is 53.4 Å². The van der Waals surface area contributed by atoms with Crippen LogP contribution in [-0.4, -0.2) is 42.3 Å². The average molecular weight is 490 g/mol. The average Bonchev–Trinajstić information content (AvgIpc) is 2.89. The predicted octanol–water partition coefficient (Wildman–Crippen LogP) is 4.80. The van der Waals surface area contributed by atoms with Gasteiger partial charge in [-0.1, -0.05) is 48.0 Å². The normalized spacial score (nSPS) is 15.3. The highest BCUT2D eigenvalue weighted by Crippen LogP contribution is 2.21. The van der Waals surface area contributed by atoms with E-state index in [0.29, 0.717) is 41.5 Å². The van der Waals surface area contributed by atoms with E-state index in [2.05, 4.69) is 10.6 Å². The predicted molar refractivity (Wildman–Crippen MR) is 138 cm³/mol. The number of nitrogens with one attached hydrogen (secondary N) is 2. The largest absolute Gasteiger partial charge is 0.355 e. The van der Waals surface area contributed by atoms with Gasteiger partial charge in [0.15, 0.2) is 0 Å². The molecule has 0 aromatic heterocycles. The lowest BCUT2D eigenvalue weighted by Crippen LogP contribution is -2.45. The number of amides is 3. The number of piperidine rings is 1. The molecule has 1 atom stereocenters. The highest BCUT2D eigenvalue weighted by molar-refractivity contribution is 6.30. The Morgan fingerprint density at radius 3 is 2.46 bits per heavy atom. The number of halogens is 1. The van der Waals surface area contributed by atoms with Crippen molar-refractivity contribution < 1.29 is 14.4 Å². The van der Waals surface area contributed by atoms with Crippen molar-refractivity contribution in [3.63, 3.8) is 0 Å². The van der Waals surface area contributed by atoms with Gasteiger partial charge >= 0.3 is 0 Å². The second-order valence-electron chi connectivity index (χ2n) is 8.66. The minimum Gasteiger partial charge on any atom is -0.355 e. The smallest absolute Gasteiger partial charge is 0.255 e. The molecule has 7 heteroatoms. The van der Waals surface area contributed by atoms with Crippen molar-refractivity contribution in [1.29, 1.82) is 0 Å². The summed E-state index contributed by atoms with van der Waals surface area (Å²) in [5, 5.41) is 6.39. The van der Waals surface area contributed by atoms with Crippen molar-refractivity contribution in [1.82, 2.24) is 10.2 Å². The monoisotopic (exact) mass is 489 g/mol. The summed E-state index contributed by atoms with van der Waals surface area (Å²) in [7, 11) is 0. The maximum absolute atomic E-state index is 13.2. The summed E-state index contributed by atoms with van der Waals surface area (Å²) in [6, 6.07) is 23.5. The Morgan fingerprint density at radius 1 is 0.914 bits per heavy atom. The van der Waals surface area contributed by atoms with E-state index in [4.69, 9.17) is 11.6 Å². The number of nitrogens with zero attached hydrogens (tertiary/aromatic N) is 1. The summed E-state index contributed by atoms with van der Waals surface area (Å²) in [6.45, 7) is 1.56. The molecule has 0 saturated carbocycles. The van der Waals surface area contributed by atoms with Crippen LogP contribution >= 0.6 is 11.6 Å². The van der Waals surface area contributed by atoms with E-state index >= 15 is 0 Å². The highest BCUT2D eigenvalue weighted by Gasteiger charge is 2.29. The Bertz CT molecular complexity index is 1180. The number of hydrogen-bond acceptors (Lipinski definition) is 3. The van der Waals surface area contributed by atoms with Crippen LogP contribution in [0.3, 0.4) is 0 Å². The lowest BCUT2D eigenvalue weighted by molar-refractivity contribution is -0.126. The van der Waals surface area contributed by atoms with E-state index in [-0.39, 0.29) is 23.6 Å². The maximum Gasteiger partial charge on any atom is 0.255 e. The molecule has 0 spiro atoms. The summed E-state index contributed by atoms with van der Waals surface area (Å²) >= 11 is 5.89. The van der Waals surface area contributed by atoms with Crippen LogP contribution in [-0.2, 0) is 11.2 Å². The molecule has 1 aliphatic rings. The maximum atomic E-state index is 13.2. The van der Waals surface area contributed by atoms with Gasteiger partial charge in [-0.3, -0.25) is 14.4 Å². The fourth-order valence-electron chi connectivity index (χ4n) is 4.21. The molecule has 0 bridgehead atoms. The minimum absolute atomic E-state index is 0.0117. The highest BCUT2D eigenvalue weighted by atomic mass is 35.5. The van der Waals surface area contributed by atoms with E-state index in [1.165, 1.54) is 5.56 Å². The van der Waals surface area contributed by atoms with Crippen LogP contribution in [0.2, 0.25) is 5.02 Å². The van der Waals surface area contributed by atoms with Gasteiger partial charge in [0.05, 0.1) is 5.92 Å². The number of benzene rings is 3.